The standard InChI is InChI=1S/CH6N2.H3N/c1-3-2;/h3H,2H2,1H3;1H3. The Morgan fingerprint density at radius 1 is 1.75 bits per heavy atom. The predicted octanol–water partition coefficient (Wildman–Crippen LogP) is -0.758. The lowest BCUT2D eigenvalue weighted by molar-refractivity contribution is 0.900. The number of hydrazine groups is 1. The van der Waals surface area contributed by atoms with Gasteiger partial charge in [0.15, 0.2) is 0 Å². The molecule has 0 aliphatic rings. The smallest absolute Gasteiger partial charge is 0.00172 e. The fourth-order valence-electron chi connectivity index (χ4n) is 0. The van der Waals surface area contributed by atoms with Gasteiger partial charge in [-0.15, -0.1) is 0 Å². The Morgan fingerprint density at radius 2 is 1.75 bits per heavy atom. The van der Waals surface area contributed by atoms with Crippen molar-refractivity contribution in [1.29, 1.82) is 0 Å². The Balaban J connectivity index is 0. The Morgan fingerprint density at radius 3 is 1.75 bits per heavy atom. The lowest BCUT2D eigenvalue weighted by Crippen LogP contribution is -2.13. The fourth-order valence-corrected chi connectivity index (χ4v) is 0. The highest BCUT2D eigenvalue weighted by molar-refractivity contribution is 3.79. The monoisotopic (exact) mass is 63.1 g/mol. The molecule has 3 nitrogen and oxygen atoms in total. The highest BCUT2D eigenvalue weighted by Gasteiger charge is 1.22. The van der Waals surface area contributed by atoms with Crippen molar-refractivity contribution in [3.05, 3.63) is 0 Å². The van der Waals surface area contributed by atoms with Gasteiger partial charge in [-0.3, -0.25) is 11.3 Å². The van der Waals surface area contributed by atoms with Gasteiger partial charge in [0.1, 0.15) is 0 Å². The van der Waals surface area contributed by atoms with Crippen LogP contribution < -0.4 is 17.4 Å². The molecular formula is CH9N3. The van der Waals surface area contributed by atoms with Crippen molar-refractivity contribution < 1.29 is 0 Å². The topological polar surface area (TPSA) is 73.0 Å². The van der Waals surface area contributed by atoms with Gasteiger partial charge in [0.2, 0.25) is 0 Å². The number of rotatable bonds is 0. The summed E-state index contributed by atoms with van der Waals surface area (Å²) in [6, 6.07) is 0. The Labute approximate surface area is 25.7 Å². The van der Waals surface area contributed by atoms with Gasteiger partial charge in [0.05, 0.1) is 0 Å². The molecule has 6 N–H and O–H groups in total. The zero-order valence-electron chi connectivity index (χ0n) is 2.78. The Bertz CT molecular complexity index is 3.25. The normalized spacial score (nSPS) is 4.50. The van der Waals surface area contributed by atoms with E-state index in [0.717, 1.165) is 0 Å². The molecule has 0 aromatic heterocycles. The van der Waals surface area contributed by atoms with Gasteiger partial charge in [-0.05, 0) is 7.05 Å². The van der Waals surface area contributed by atoms with Crippen molar-refractivity contribution >= 4 is 0 Å². The van der Waals surface area contributed by atoms with Crippen LogP contribution >= 0.6 is 0 Å². The van der Waals surface area contributed by atoms with Crippen molar-refractivity contribution in [3.63, 3.8) is 0 Å². The lowest BCUT2D eigenvalue weighted by Gasteiger charge is -1.62. The zero-order chi connectivity index (χ0) is 2.71. The molecular weight excluding hydrogens is 54.0 g/mol. The molecule has 0 fully saturated rings. The fraction of sp³-hybridized carbons (Fsp3) is 1.00. The molecule has 0 radical (unpaired) electrons. The number of hydrogen-bond acceptors (Lipinski definition) is 3. The molecule has 0 atom stereocenters. The van der Waals surface area contributed by atoms with Crippen LogP contribution in [0.3, 0.4) is 0 Å². The van der Waals surface area contributed by atoms with Gasteiger partial charge in [-0.25, -0.2) is 0 Å². The molecule has 0 aliphatic heterocycles. The maximum Gasteiger partial charge on any atom is -0.00172 e. The molecule has 0 heterocycles. The van der Waals surface area contributed by atoms with E-state index in [9.17, 15) is 0 Å². The summed E-state index contributed by atoms with van der Waals surface area (Å²) in [6.07, 6.45) is 0. The molecule has 28 valence electrons. The molecule has 0 aromatic carbocycles. The van der Waals surface area contributed by atoms with Crippen molar-refractivity contribution in [1.82, 2.24) is 11.6 Å². The van der Waals surface area contributed by atoms with Crippen molar-refractivity contribution in [3.8, 4) is 0 Å². The second-order valence-corrected chi connectivity index (χ2v) is 0.289. The number of hydrogen-bond donors (Lipinski definition) is 3. The van der Waals surface area contributed by atoms with E-state index in [1.165, 1.54) is 0 Å². The average molecular weight is 63.1 g/mol. The van der Waals surface area contributed by atoms with Gasteiger partial charge in [-0.1, -0.05) is 0 Å². The third-order valence-electron chi connectivity index (χ3n) is 0. The third kappa shape index (κ3) is 101. The van der Waals surface area contributed by atoms with Crippen LogP contribution in [0.15, 0.2) is 0 Å². The van der Waals surface area contributed by atoms with Gasteiger partial charge in [-0.2, -0.15) is 0 Å². The Kier molecular flexibility index (Phi) is 29.9. The molecule has 4 heavy (non-hydrogen) atoms. The minimum atomic E-state index is 0. The summed E-state index contributed by atoms with van der Waals surface area (Å²) in [5, 5.41) is 0. The molecule has 0 spiro atoms. The van der Waals surface area contributed by atoms with Gasteiger partial charge in [0, 0.05) is 0 Å². The minimum absolute atomic E-state index is 0. The highest BCUT2D eigenvalue weighted by atomic mass is 15.2. The molecule has 0 rings (SSSR count). The van der Waals surface area contributed by atoms with Crippen LogP contribution in [-0.2, 0) is 0 Å². The van der Waals surface area contributed by atoms with Crippen molar-refractivity contribution in [2.24, 2.45) is 5.84 Å². The van der Waals surface area contributed by atoms with Crippen LogP contribution in [0.2, 0.25) is 0 Å². The summed E-state index contributed by atoms with van der Waals surface area (Å²) in [5.74, 6) is 4.60. The molecule has 0 aromatic rings. The first-order valence-corrected chi connectivity index (χ1v) is 0.789. The zero-order valence-corrected chi connectivity index (χ0v) is 2.78. The quantitative estimate of drug-likeness (QED) is 0.255. The predicted molar refractivity (Wildman–Crippen MR) is 18.3 cm³/mol. The van der Waals surface area contributed by atoms with Gasteiger partial charge >= 0.3 is 0 Å². The van der Waals surface area contributed by atoms with Crippen LogP contribution in [0.4, 0.5) is 0 Å². The van der Waals surface area contributed by atoms with Crippen LogP contribution in [-0.4, -0.2) is 7.05 Å². The van der Waals surface area contributed by atoms with Gasteiger partial charge in [0.25, 0.3) is 0 Å². The minimum Gasteiger partial charge on any atom is -0.344 e. The molecule has 0 aliphatic carbocycles. The van der Waals surface area contributed by atoms with Crippen LogP contribution in [0, 0.1) is 0 Å². The van der Waals surface area contributed by atoms with E-state index in [1.54, 1.807) is 7.05 Å². The second-order valence-electron chi connectivity index (χ2n) is 0.289. The maximum atomic E-state index is 4.60. The van der Waals surface area contributed by atoms with E-state index in [0.29, 0.717) is 0 Å². The number of nitrogens with two attached hydrogens (primary N) is 1. The average Bonchev–Trinajstić information content (AvgIpc) is 0.918. The summed E-state index contributed by atoms with van der Waals surface area (Å²) in [6.45, 7) is 0. The van der Waals surface area contributed by atoms with Gasteiger partial charge < -0.3 is 6.15 Å². The lowest BCUT2D eigenvalue weighted by atomic mass is 11.5. The van der Waals surface area contributed by atoms with E-state index in [4.69, 9.17) is 0 Å². The molecule has 0 amide bonds. The second kappa shape index (κ2) is 13.1. The van der Waals surface area contributed by atoms with E-state index in [1.807, 2.05) is 0 Å². The maximum absolute atomic E-state index is 4.60. The highest BCUT2D eigenvalue weighted by Crippen LogP contribution is 0.817. The molecule has 0 saturated heterocycles. The summed E-state index contributed by atoms with van der Waals surface area (Å²) in [7, 11) is 1.65. The Hall–Kier alpha value is -0.120. The van der Waals surface area contributed by atoms with E-state index in [-0.39, 0.29) is 6.15 Å². The molecule has 3 heteroatoms. The summed E-state index contributed by atoms with van der Waals surface area (Å²) in [5.41, 5.74) is 2.25. The first kappa shape index (κ1) is 9.11. The van der Waals surface area contributed by atoms with Crippen LogP contribution in [0.25, 0.3) is 0 Å². The van der Waals surface area contributed by atoms with Crippen LogP contribution in [0.5, 0.6) is 0 Å². The summed E-state index contributed by atoms with van der Waals surface area (Å²) in [4.78, 5) is 0. The first-order valence-electron chi connectivity index (χ1n) is 0.789. The largest absolute Gasteiger partial charge is 0.344 e. The van der Waals surface area contributed by atoms with Crippen LogP contribution in [0.1, 0.15) is 0 Å². The van der Waals surface area contributed by atoms with E-state index in [2.05, 4.69) is 11.3 Å². The molecule has 0 saturated carbocycles. The molecule has 0 unspecified atom stereocenters. The van der Waals surface area contributed by atoms with E-state index < -0.39 is 0 Å². The third-order valence-corrected chi connectivity index (χ3v) is 0. The van der Waals surface area contributed by atoms with Crippen molar-refractivity contribution in [2.45, 2.75) is 0 Å². The van der Waals surface area contributed by atoms with E-state index >= 15 is 0 Å². The SMILES string of the molecule is CNN.N. The first-order chi connectivity index (χ1) is 1.41. The molecule has 0 bridgehead atoms. The van der Waals surface area contributed by atoms with Crippen molar-refractivity contribution in [2.75, 3.05) is 7.05 Å². The summed E-state index contributed by atoms with van der Waals surface area (Å²) >= 11 is 0. The number of nitrogens with one attached hydrogen (secondary N) is 1. The summed E-state index contributed by atoms with van der Waals surface area (Å²) < 4.78 is 0.